The first-order chi connectivity index (χ1) is 6.24. The third-order valence-corrected chi connectivity index (χ3v) is 4.27. The zero-order chi connectivity index (χ0) is 9.68. The molecule has 1 rings (SSSR count). The summed E-state index contributed by atoms with van der Waals surface area (Å²) < 4.78 is 1.14. The van der Waals surface area contributed by atoms with Crippen molar-refractivity contribution in [2.24, 2.45) is 0 Å². The molecule has 0 spiro atoms. The topological polar surface area (TPSA) is 29.1 Å². The molecule has 0 aromatic carbocycles. The maximum absolute atomic E-state index is 10.9. The molecule has 72 valence electrons. The average molecular weight is 280 g/mol. The predicted octanol–water partition coefficient (Wildman–Crippen LogP) is 2.49. The van der Waals surface area contributed by atoms with Gasteiger partial charge in [0.15, 0.2) is 0 Å². The van der Waals surface area contributed by atoms with Gasteiger partial charge < -0.3 is 5.32 Å². The highest BCUT2D eigenvalue weighted by atomic mass is 79.9. The van der Waals surface area contributed by atoms with E-state index in [0.717, 1.165) is 10.2 Å². The Labute approximate surface area is 94.2 Å². The fourth-order valence-corrected chi connectivity index (χ4v) is 3.36. The van der Waals surface area contributed by atoms with Crippen LogP contribution in [-0.2, 0) is 10.5 Å². The van der Waals surface area contributed by atoms with Crippen molar-refractivity contribution in [3.63, 3.8) is 0 Å². The van der Waals surface area contributed by atoms with E-state index < -0.39 is 0 Å². The number of carbonyl (C=O) groups excluding carboxylic acids is 1. The second-order valence-electron chi connectivity index (χ2n) is 2.41. The Morgan fingerprint density at radius 2 is 2.46 bits per heavy atom. The van der Waals surface area contributed by atoms with E-state index >= 15 is 0 Å². The summed E-state index contributed by atoms with van der Waals surface area (Å²) in [7, 11) is 1.66. The van der Waals surface area contributed by atoms with Gasteiger partial charge in [0.05, 0.1) is 5.75 Å². The van der Waals surface area contributed by atoms with Crippen molar-refractivity contribution in [2.75, 3.05) is 12.8 Å². The maximum Gasteiger partial charge on any atom is 0.229 e. The van der Waals surface area contributed by atoms with Crippen LogP contribution in [0.3, 0.4) is 0 Å². The molecule has 1 aromatic rings. The Balaban J connectivity index is 2.28. The molecule has 0 unspecified atom stereocenters. The van der Waals surface area contributed by atoms with E-state index in [2.05, 4.69) is 32.0 Å². The van der Waals surface area contributed by atoms with Crippen molar-refractivity contribution in [3.05, 3.63) is 20.8 Å². The normalized spacial score (nSPS) is 10.0. The molecule has 0 aliphatic carbocycles. The highest BCUT2D eigenvalue weighted by Gasteiger charge is 2.02. The number of carbonyl (C=O) groups is 1. The van der Waals surface area contributed by atoms with E-state index in [-0.39, 0.29) is 5.91 Å². The van der Waals surface area contributed by atoms with E-state index in [9.17, 15) is 4.79 Å². The number of amides is 1. The molecule has 0 atom stereocenters. The molecule has 1 N–H and O–H groups in total. The van der Waals surface area contributed by atoms with Gasteiger partial charge in [0, 0.05) is 22.7 Å². The first kappa shape index (κ1) is 11.1. The van der Waals surface area contributed by atoms with E-state index in [1.165, 1.54) is 5.56 Å². The molecule has 5 heteroatoms. The third-order valence-electron chi connectivity index (χ3n) is 1.46. The Kier molecular flexibility index (Phi) is 4.83. The number of hydrogen-bond acceptors (Lipinski definition) is 3. The van der Waals surface area contributed by atoms with E-state index in [0.29, 0.717) is 5.75 Å². The lowest BCUT2D eigenvalue weighted by molar-refractivity contribution is -0.118. The van der Waals surface area contributed by atoms with Crippen LogP contribution in [0.15, 0.2) is 15.2 Å². The Morgan fingerprint density at radius 1 is 1.69 bits per heavy atom. The average Bonchev–Trinajstić information content (AvgIpc) is 2.52. The SMILES string of the molecule is CNC(=O)CSCc1cscc1Br. The molecule has 0 fully saturated rings. The molecule has 1 heterocycles. The Bertz CT molecular complexity index is 287. The van der Waals surface area contributed by atoms with Crippen LogP contribution in [0.1, 0.15) is 5.56 Å². The van der Waals surface area contributed by atoms with E-state index in [1.807, 2.05) is 0 Å². The molecule has 0 saturated heterocycles. The van der Waals surface area contributed by atoms with Crippen LogP contribution in [0.2, 0.25) is 0 Å². The third kappa shape index (κ3) is 3.70. The van der Waals surface area contributed by atoms with Crippen molar-refractivity contribution in [3.8, 4) is 0 Å². The summed E-state index contributed by atoms with van der Waals surface area (Å²) in [6.07, 6.45) is 0. The van der Waals surface area contributed by atoms with E-state index in [1.54, 1.807) is 30.1 Å². The van der Waals surface area contributed by atoms with Crippen LogP contribution in [0.4, 0.5) is 0 Å². The number of halogens is 1. The lowest BCUT2D eigenvalue weighted by Gasteiger charge is -1.99. The minimum absolute atomic E-state index is 0.0800. The van der Waals surface area contributed by atoms with Crippen LogP contribution in [-0.4, -0.2) is 18.7 Å². The molecule has 0 aliphatic heterocycles. The smallest absolute Gasteiger partial charge is 0.229 e. The molecular weight excluding hydrogens is 270 g/mol. The highest BCUT2D eigenvalue weighted by Crippen LogP contribution is 2.25. The quantitative estimate of drug-likeness (QED) is 0.918. The Hall–Kier alpha value is -0.000000000000000111. The predicted molar refractivity (Wildman–Crippen MR) is 62.2 cm³/mol. The van der Waals surface area contributed by atoms with E-state index in [4.69, 9.17) is 0 Å². The summed E-state index contributed by atoms with van der Waals surface area (Å²) in [5, 5.41) is 6.74. The van der Waals surface area contributed by atoms with Crippen molar-refractivity contribution >= 4 is 44.9 Å². The summed E-state index contributed by atoms with van der Waals surface area (Å²) >= 11 is 6.74. The maximum atomic E-state index is 10.9. The zero-order valence-corrected chi connectivity index (χ0v) is 10.4. The standard InChI is InChI=1S/C8H10BrNOS2/c1-10-8(11)5-13-3-6-2-12-4-7(6)9/h2,4H,3,5H2,1H3,(H,10,11). The minimum Gasteiger partial charge on any atom is -0.358 e. The molecule has 0 radical (unpaired) electrons. The molecule has 2 nitrogen and oxygen atoms in total. The molecule has 0 aliphatic rings. The first-order valence-corrected chi connectivity index (χ1v) is 6.62. The van der Waals surface area contributed by atoms with Crippen LogP contribution in [0, 0.1) is 0 Å². The molecule has 0 saturated carbocycles. The highest BCUT2D eigenvalue weighted by molar-refractivity contribution is 9.10. The van der Waals surface area contributed by atoms with Gasteiger partial charge in [-0.05, 0) is 26.9 Å². The van der Waals surface area contributed by atoms with Crippen molar-refractivity contribution in [1.29, 1.82) is 0 Å². The number of hydrogen-bond donors (Lipinski definition) is 1. The van der Waals surface area contributed by atoms with Gasteiger partial charge in [-0.2, -0.15) is 11.3 Å². The molecular formula is C8H10BrNOS2. The van der Waals surface area contributed by atoms with Gasteiger partial charge in [-0.25, -0.2) is 0 Å². The number of thiophene rings is 1. The van der Waals surface area contributed by atoms with Gasteiger partial charge in [0.2, 0.25) is 5.91 Å². The lowest BCUT2D eigenvalue weighted by atomic mass is 10.4. The van der Waals surface area contributed by atoms with Gasteiger partial charge in [-0.3, -0.25) is 4.79 Å². The fourth-order valence-electron chi connectivity index (χ4n) is 0.737. The largest absolute Gasteiger partial charge is 0.358 e. The fraction of sp³-hybridized carbons (Fsp3) is 0.375. The minimum atomic E-state index is 0.0800. The lowest BCUT2D eigenvalue weighted by Crippen LogP contribution is -2.19. The molecule has 13 heavy (non-hydrogen) atoms. The van der Waals surface area contributed by atoms with Crippen LogP contribution in [0.5, 0.6) is 0 Å². The summed E-state index contributed by atoms with van der Waals surface area (Å²) in [4.78, 5) is 10.9. The van der Waals surface area contributed by atoms with Crippen molar-refractivity contribution in [1.82, 2.24) is 5.32 Å². The number of thioether (sulfide) groups is 1. The van der Waals surface area contributed by atoms with Gasteiger partial charge >= 0.3 is 0 Å². The van der Waals surface area contributed by atoms with Gasteiger partial charge in [0.1, 0.15) is 0 Å². The second-order valence-corrected chi connectivity index (χ2v) is 4.99. The number of rotatable bonds is 4. The first-order valence-electron chi connectivity index (χ1n) is 3.73. The van der Waals surface area contributed by atoms with Crippen molar-refractivity contribution < 1.29 is 4.79 Å². The van der Waals surface area contributed by atoms with Crippen LogP contribution in [0.25, 0.3) is 0 Å². The van der Waals surface area contributed by atoms with Crippen LogP contribution >= 0.6 is 39.0 Å². The monoisotopic (exact) mass is 279 g/mol. The summed E-state index contributed by atoms with van der Waals surface area (Å²) in [6, 6.07) is 0. The van der Waals surface area contributed by atoms with Gasteiger partial charge in [-0.1, -0.05) is 0 Å². The number of nitrogens with one attached hydrogen (secondary N) is 1. The van der Waals surface area contributed by atoms with Gasteiger partial charge in [-0.15, -0.1) is 11.8 Å². The molecule has 1 amide bonds. The second kappa shape index (κ2) is 5.67. The summed E-state index contributed by atoms with van der Waals surface area (Å²) in [6.45, 7) is 0. The molecule has 0 bridgehead atoms. The summed E-state index contributed by atoms with van der Waals surface area (Å²) in [5.41, 5.74) is 1.26. The van der Waals surface area contributed by atoms with Crippen molar-refractivity contribution in [2.45, 2.75) is 5.75 Å². The summed E-state index contributed by atoms with van der Waals surface area (Å²) in [5.74, 6) is 1.49. The van der Waals surface area contributed by atoms with Crippen LogP contribution < -0.4 is 5.32 Å². The Morgan fingerprint density at radius 3 is 3.00 bits per heavy atom. The van der Waals surface area contributed by atoms with Gasteiger partial charge in [0.25, 0.3) is 0 Å². The zero-order valence-electron chi connectivity index (χ0n) is 7.17. The molecule has 1 aromatic heterocycles.